The third-order valence-corrected chi connectivity index (χ3v) is 4.17. The van der Waals surface area contributed by atoms with Gasteiger partial charge in [0.2, 0.25) is 5.91 Å². The highest BCUT2D eigenvalue weighted by molar-refractivity contribution is 6.30. The molecule has 5 heteroatoms. The molecule has 0 aliphatic heterocycles. The fourth-order valence-electron chi connectivity index (χ4n) is 2.50. The minimum absolute atomic E-state index is 0.0826. The van der Waals surface area contributed by atoms with E-state index in [1.165, 1.54) is 0 Å². The van der Waals surface area contributed by atoms with Gasteiger partial charge in [0.1, 0.15) is 12.4 Å². The molecule has 1 amide bonds. The van der Waals surface area contributed by atoms with Crippen LogP contribution in [0.25, 0.3) is 0 Å². The van der Waals surface area contributed by atoms with E-state index in [4.69, 9.17) is 16.3 Å². The minimum atomic E-state index is -0.0826. The maximum atomic E-state index is 12.0. The van der Waals surface area contributed by atoms with Crippen LogP contribution in [-0.2, 0) is 17.9 Å². The van der Waals surface area contributed by atoms with Crippen LogP contribution >= 0.6 is 11.6 Å². The van der Waals surface area contributed by atoms with Crippen LogP contribution in [0.15, 0.2) is 78.9 Å². The molecular formula is C22H21ClN2O2. The van der Waals surface area contributed by atoms with Crippen molar-refractivity contribution >= 4 is 23.2 Å². The standard InChI is InChI=1S/C22H21ClN2O2/c23-19-8-6-18(7-9-19)16-27-21-12-10-20(11-13-21)25-22(26)15-24-14-17-4-2-1-3-5-17/h1-13,24H,14-16H2,(H,25,26). The molecule has 3 rings (SSSR count). The fraction of sp³-hybridized carbons (Fsp3) is 0.136. The van der Waals surface area contributed by atoms with Gasteiger partial charge in [0.25, 0.3) is 0 Å². The largest absolute Gasteiger partial charge is 0.489 e. The molecule has 3 aromatic carbocycles. The van der Waals surface area contributed by atoms with Crippen molar-refractivity contribution in [2.45, 2.75) is 13.2 Å². The third-order valence-electron chi connectivity index (χ3n) is 3.91. The molecule has 0 heterocycles. The highest BCUT2D eigenvalue weighted by atomic mass is 35.5. The lowest BCUT2D eigenvalue weighted by Gasteiger charge is -2.09. The van der Waals surface area contributed by atoms with Gasteiger partial charge in [-0.25, -0.2) is 0 Å². The summed E-state index contributed by atoms with van der Waals surface area (Å²) in [5, 5.41) is 6.70. The summed E-state index contributed by atoms with van der Waals surface area (Å²) >= 11 is 5.87. The first-order valence-electron chi connectivity index (χ1n) is 8.71. The Balaban J connectivity index is 1.41. The van der Waals surface area contributed by atoms with Gasteiger partial charge in [0.15, 0.2) is 0 Å². The number of nitrogens with one attached hydrogen (secondary N) is 2. The van der Waals surface area contributed by atoms with Gasteiger partial charge in [-0.2, -0.15) is 0 Å². The second-order valence-electron chi connectivity index (χ2n) is 6.08. The van der Waals surface area contributed by atoms with Gasteiger partial charge >= 0.3 is 0 Å². The van der Waals surface area contributed by atoms with Crippen LogP contribution in [-0.4, -0.2) is 12.5 Å². The molecule has 3 aromatic rings. The highest BCUT2D eigenvalue weighted by Crippen LogP contribution is 2.18. The molecular weight excluding hydrogens is 360 g/mol. The molecule has 0 aliphatic rings. The average molecular weight is 381 g/mol. The van der Waals surface area contributed by atoms with Gasteiger partial charge in [0, 0.05) is 17.3 Å². The molecule has 0 bridgehead atoms. The number of benzene rings is 3. The zero-order chi connectivity index (χ0) is 18.9. The Morgan fingerprint density at radius 3 is 2.26 bits per heavy atom. The normalized spacial score (nSPS) is 10.4. The van der Waals surface area contributed by atoms with Crippen molar-refractivity contribution in [3.63, 3.8) is 0 Å². The zero-order valence-electron chi connectivity index (χ0n) is 14.8. The Hall–Kier alpha value is -2.82. The van der Waals surface area contributed by atoms with Gasteiger partial charge in [-0.1, -0.05) is 54.1 Å². The maximum Gasteiger partial charge on any atom is 0.238 e. The molecule has 2 N–H and O–H groups in total. The lowest BCUT2D eigenvalue weighted by Crippen LogP contribution is -2.27. The van der Waals surface area contributed by atoms with Gasteiger partial charge in [0.05, 0.1) is 6.54 Å². The van der Waals surface area contributed by atoms with E-state index in [1.807, 2.05) is 78.9 Å². The summed E-state index contributed by atoms with van der Waals surface area (Å²) in [4.78, 5) is 12.0. The summed E-state index contributed by atoms with van der Waals surface area (Å²) in [6.45, 7) is 1.38. The van der Waals surface area contributed by atoms with Gasteiger partial charge in [-0.15, -0.1) is 0 Å². The lowest BCUT2D eigenvalue weighted by atomic mass is 10.2. The number of anilines is 1. The van der Waals surface area contributed by atoms with Crippen LogP contribution in [0.2, 0.25) is 5.02 Å². The minimum Gasteiger partial charge on any atom is -0.489 e. The van der Waals surface area contributed by atoms with Gasteiger partial charge in [-0.3, -0.25) is 4.79 Å². The Morgan fingerprint density at radius 2 is 1.56 bits per heavy atom. The summed E-state index contributed by atoms with van der Waals surface area (Å²) in [5.74, 6) is 0.658. The Bertz CT molecular complexity index is 850. The molecule has 0 spiro atoms. The van der Waals surface area contributed by atoms with E-state index >= 15 is 0 Å². The molecule has 0 atom stereocenters. The van der Waals surface area contributed by atoms with E-state index in [2.05, 4.69) is 10.6 Å². The van der Waals surface area contributed by atoms with E-state index in [0.717, 1.165) is 22.6 Å². The molecule has 0 aliphatic carbocycles. The van der Waals surface area contributed by atoms with Crippen LogP contribution in [0.1, 0.15) is 11.1 Å². The summed E-state index contributed by atoms with van der Waals surface area (Å²) in [7, 11) is 0. The number of carbonyl (C=O) groups is 1. The van der Waals surface area contributed by atoms with Crippen molar-refractivity contribution in [1.82, 2.24) is 5.32 Å². The van der Waals surface area contributed by atoms with Crippen molar-refractivity contribution in [1.29, 1.82) is 0 Å². The number of halogens is 1. The summed E-state index contributed by atoms with van der Waals surface area (Å²) < 4.78 is 5.74. The van der Waals surface area contributed by atoms with E-state index in [1.54, 1.807) is 0 Å². The molecule has 0 saturated heterocycles. The van der Waals surface area contributed by atoms with Crippen LogP contribution in [0, 0.1) is 0 Å². The van der Waals surface area contributed by atoms with Crippen molar-refractivity contribution in [3.05, 3.63) is 95.0 Å². The number of ether oxygens (including phenoxy) is 1. The van der Waals surface area contributed by atoms with E-state index in [0.29, 0.717) is 18.2 Å². The van der Waals surface area contributed by atoms with Crippen LogP contribution in [0.3, 0.4) is 0 Å². The SMILES string of the molecule is O=C(CNCc1ccccc1)Nc1ccc(OCc2ccc(Cl)cc2)cc1. The van der Waals surface area contributed by atoms with Crippen molar-refractivity contribution in [3.8, 4) is 5.75 Å². The highest BCUT2D eigenvalue weighted by Gasteiger charge is 2.03. The molecule has 0 saturated carbocycles. The van der Waals surface area contributed by atoms with Gasteiger partial charge in [-0.05, 0) is 47.5 Å². The monoisotopic (exact) mass is 380 g/mol. The first kappa shape index (κ1) is 19.0. The molecule has 138 valence electrons. The van der Waals surface area contributed by atoms with Crippen molar-refractivity contribution in [2.24, 2.45) is 0 Å². The Morgan fingerprint density at radius 1 is 0.852 bits per heavy atom. The second-order valence-corrected chi connectivity index (χ2v) is 6.51. The topological polar surface area (TPSA) is 50.4 Å². The molecule has 27 heavy (non-hydrogen) atoms. The quantitative estimate of drug-likeness (QED) is 0.598. The molecule has 4 nitrogen and oxygen atoms in total. The fourth-order valence-corrected chi connectivity index (χ4v) is 2.63. The van der Waals surface area contributed by atoms with E-state index < -0.39 is 0 Å². The number of hydrogen-bond acceptors (Lipinski definition) is 3. The number of rotatable bonds is 8. The predicted molar refractivity (Wildman–Crippen MR) is 109 cm³/mol. The molecule has 0 aromatic heterocycles. The number of carbonyl (C=O) groups excluding carboxylic acids is 1. The van der Waals surface area contributed by atoms with Gasteiger partial charge < -0.3 is 15.4 Å². The summed E-state index contributed by atoms with van der Waals surface area (Å²) in [6.07, 6.45) is 0. The first-order chi connectivity index (χ1) is 13.2. The van der Waals surface area contributed by atoms with E-state index in [-0.39, 0.29) is 12.5 Å². The number of hydrogen-bond donors (Lipinski definition) is 2. The molecule has 0 fully saturated rings. The Kier molecular flexibility index (Phi) is 6.85. The number of amides is 1. The molecule has 0 unspecified atom stereocenters. The third kappa shape index (κ3) is 6.44. The summed E-state index contributed by atoms with van der Waals surface area (Å²) in [5.41, 5.74) is 2.93. The lowest BCUT2D eigenvalue weighted by molar-refractivity contribution is -0.115. The van der Waals surface area contributed by atoms with Crippen LogP contribution in [0.5, 0.6) is 5.75 Å². The molecule has 0 radical (unpaired) electrons. The second kappa shape index (κ2) is 9.76. The average Bonchev–Trinajstić information content (AvgIpc) is 2.69. The van der Waals surface area contributed by atoms with E-state index in [9.17, 15) is 4.79 Å². The summed E-state index contributed by atoms with van der Waals surface area (Å²) in [6, 6.07) is 24.8. The first-order valence-corrected chi connectivity index (χ1v) is 9.09. The van der Waals surface area contributed by atoms with Crippen LogP contribution < -0.4 is 15.4 Å². The smallest absolute Gasteiger partial charge is 0.238 e. The van der Waals surface area contributed by atoms with Crippen LogP contribution in [0.4, 0.5) is 5.69 Å². The zero-order valence-corrected chi connectivity index (χ0v) is 15.6. The Labute approximate surface area is 164 Å². The maximum absolute atomic E-state index is 12.0. The predicted octanol–water partition coefficient (Wildman–Crippen LogP) is 4.65. The van der Waals surface area contributed by atoms with Crippen molar-refractivity contribution < 1.29 is 9.53 Å². The van der Waals surface area contributed by atoms with Crippen molar-refractivity contribution in [2.75, 3.05) is 11.9 Å².